The van der Waals surface area contributed by atoms with Crippen LogP contribution in [0.25, 0.3) is 0 Å². The number of nitrogens with zero attached hydrogens (tertiary/aromatic N) is 4. The zero-order chi connectivity index (χ0) is 26.0. The van der Waals surface area contributed by atoms with Crippen LogP contribution in [0, 0.1) is 24.4 Å². The second kappa shape index (κ2) is 9.90. The highest BCUT2D eigenvalue weighted by molar-refractivity contribution is 5.54. The Balaban J connectivity index is 1.83. The van der Waals surface area contributed by atoms with E-state index in [1.165, 1.54) is 13.3 Å². The lowest BCUT2D eigenvalue weighted by molar-refractivity contribution is 0.415. The predicted octanol–water partition coefficient (Wildman–Crippen LogP) is 2.06. The number of ether oxygens (including phenoxy) is 1. The van der Waals surface area contributed by atoms with E-state index in [1.807, 2.05) is 0 Å². The van der Waals surface area contributed by atoms with Gasteiger partial charge in [0.1, 0.15) is 11.6 Å². The molecule has 0 saturated carbocycles. The number of rotatable bonds is 7. The van der Waals surface area contributed by atoms with Gasteiger partial charge in [-0.25, -0.2) is 32.3 Å². The van der Waals surface area contributed by atoms with Crippen molar-refractivity contribution in [2.75, 3.05) is 12.4 Å². The summed E-state index contributed by atoms with van der Waals surface area (Å²) >= 11 is 0. The van der Waals surface area contributed by atoms with Crippen LogP contribution in [0.15, 0.2) is 57.0 Å². The van der Waals surface area contributed by atoms with Crippen LogP contribution in [-0.4, -0.2) is 31.2 Å². The lowest BCUT2D eigenvalue weighted by Crippen LogP contribution is -2.43. The number of methoxy groups -OCH3 is 1. The Morgan fingerprint density at radius 3 is 2.28 bits per heavy atom. The zero-order valence-corrected chi connectivity index (χ0v) is 19.0. The minimum Gasteiger partial charge on any atom is -0.497 e. The number of nitrogens with one attached hydrogen (secondary N) is 2. The van der Waals surface area contributed by atoms with Gasteiger partial charge in [0.05, 0.1) is 25.8 Å². The third kappa shape index (κ3) is 5.04. The summed E-state index contributed by atoms with van der Waals surface area (Å²) in [6.07, 6.45) is 1.22. The van der Waals surface area contributed by atoms with Crippen molar-refractivity contribution < 1.29 is 17.9 Å². The van der Waals surface area contributed by atoms with Crippen molar-refractivity contribution in [1.82, 2.24) is 24.1 Å². The van der Waals surface area contributed by atoms with Crippen LogP contribution in [0.2, 0.25) is 0 Å². The van der Waals surface area contributed by atoms with Gasteiger partial charge in [0.2, 0.25) is 5.95 Å². The quantitative estimate of drug-likeness (QED) is 0.372. The molecule has 0 fully saturated rings. The molecule has 186 valence electrons. The van der Waals surface area contributed by atoms with Gasteiger partial charge >= 0.3 is 11.4 Å². The number of aromatic nitrogens is 5. The summed E-state index contributed by atoms with van der Waals surface area (Å²) in [7, 11) is 1.48. The Morgan fingerprint density at radius 2 is 1.67 bits per heavy atom. The summed E-state index contributed by atoms with van der Waals surface area (Å²) in [6.45, 7) is 0.635. The van der Waals surface area contributed by atoms with E-state index in [1.54, 1.807) is 31.2 Å². The number of aromatic amines is 1. The lowest BCUT2D eigenvalue weighted by atomic mass is 10.2. The van der Waals surface area contributed by atoms with Crippen molar-refractivity contribution in [3.8, 4) is 5.75 Å². The number of H-pyrrole nitrogens is 1. The van der Waals surface area contributed by atoms with Crippen LogP contribution in [-0.2, 0) is 13.1 Å². The fourth-order valence-corrected chi connectivity index (χ4v) is 3.38. The lowest BCUT2D eigenvalue weighted by Gasteiger charge is -2.16. The second-order valence-corrected chi connectivity index (χ2v) is 7.72. The summed E-state index contributed by atoms with van der Waals surface area (Å²) in [5, 5.41) is 2.82. The van der Waals surface area contributed by atoms with Gasteiger partial charge < -0.3 is 15.0 Å². The van der Waals surface area contributed by atoms with Gasteiger partial charge in [-0.1, -0.05) is 0 Å². The molecule has 13 heteroatoms. The summed E-state index contributed by atoms with van der Waals surface area (Å²) in [6, 6.07) is 7.88. The maximum Gasteiger partial charge on any atom is 0.355 e. The van der Waals surface area contributed by atoms with Gasteiger partial charge in [-0.2, -0.15) is 4.98 Å². The highest BCUT2D eigenvalue weighted by Crippen LogP contribution is 2.19. The summed E-state index contributed by atoms with van der Waals surface area (Å²) in [5.74, 6) is -3.89. The first kappa shape index (κ1) is 24.4. The van der Waals surface area contributed by atoms with E-state index >= 15 is 0 Å². The van der Waals surface area contributed by atoms with E-state index in [-0.39, 0.29) is 17.1 Å². The van der Waals surface area contributed by atoms with E-state index in [4.69, 9.17) is 4.74 Å². The van der Waals surface area contributed by atoms with Crippen molar-refractivity contribution in [3.63, 3.8) is 0 Å². The minimum absolute atomic E-state index is 0.0166. The number of aryl methyl sites for hydroxylation is 1. The van der Waals surface area contributed by atoms with Gasteiger partial charge in [0, 0.05) is 11.9 Å². The molecule has 0 spiro atoms. The minimum atomic E-state index is -1.66. The molecule has 0 amide bonds. The van der Waals surface area contributed by atoms with Gasteiger partial charge in [0.25, 0.3) is 5.56 Å². The Bertz CT molecular complexity index is 1590. The Kier molecular flexibility index (Phi) is 6.72. The van der Waals surface area contributed by atoms with Crippen LogP contribution in [0.5, 0.6) is 5.75 Å². The highest BCUT2D eigenvalue weighted by Gasteiger charge is 2.18. The smallest absolute Gasteiger partial charge is 0.355 e. The van der Waals surface area contributed by atoms with E-state index in [0.29, 0.717) is 21.8 Å². The van der Waals surface area contributed by atoms with Crippen LogP contribution in [0.4, 0.5) is 24.8 Å². The maximum absolute atomic E-state index is 13.8. The SMILES string of the molecule is COc1ccc(Nc2nc(=O)n(Cc3cnc(C)[nH]c3=O)c(=O)n2Cc2cc(F)c(F)c(F)c2)cc1. The van der Waals surface area contributed by atoms with Crippen LogP contribution in [0.3, 0.4) is 0 Å². The molecule has 0 aliphatic carbocycles. The molecule has 0 saturated heterocycles. The zero-order valence-electron chi connectivity index (χ0n) is 19.0. The molecule has 10 nitrogen and oxygen atoms in total. The largest absolute Gasteiger partial charge is 0.497 e. The molecule has 2 heterocycles. The molecule has 0 unspecified atom stereocenters. The third-order valence-corrected chi connectivity index (χ3v) is 5.21. The fourth-order valence-electron chi connectivity index (χ4n) is 3.38. The van der Waals surface area contributed by atoms with Crippen molar-refractivity contribution in [3.05, 3.63) is 108 Å². The van der Waals surface area contributed by atoms with E-state index in [9.17, 15) is 27.6 Å². The number of benzene rings is 2. The molecule has 0 atom stereocenters. The molecular formula is C23H19F3N6O4. The third-order valence-electron chi connectivity index (χ3n) is 5.21. The number of anilines is 2. The van der Waals surface area contributed by atoms with Crippen molar-refractivity contribution >= 4 is 11.6 Å². The van der Waals surface area contributed by atoms with Crippen molar-refractivity contribution in [2.24, 2.45) is 0 Å². The van der Waals surface area contributed by atoms with Gasteiger partial charge in [0.15, 0.2) is 17.5 Å². The molecular weight excluding hydrogens is 481 g/mol. The Morgan fingerprint density at radius 1 is 1.00 bits per heavy atom. The molecule has 4 aromatic rings. The standard InChI is InChI=1S/C23H19F3N6O4/c1-12-27-9-14(20(33)28-12)11-32-22(34)30-21(29-15-3-5-16(36-2)6-4-15)31(23(32)35)10-13-7-17(24)19(26)18(25)8-13/h3-9H,10-11H2,1-2H3,(H,27,28,33)(H,29,30,34). The highest BCUT2D eigenvalue weighted by atomic mass is 19.2. The molecule has 0 aliphatic heterocycles. The molecule has 2 aromatic carbocycles. The van der Waals surface area contributed by atoms with Crippen molar-refractivity contribution in [2.45, 2.75) is 20.0 Å². The summed E-state index contributed by atoms with van der Waals surface area (Å²) < 4.78 is 47.8. The van der Waals surface area contributed by atoms with Crippen LogP contribution in [0.1, 0.15) is 17.0 Å². The average Bonchev–Trinajstić information content (AvgIpc) is 2.84. The molecule has 0 bridgehead atoms. The molecule has 2 aromatic heterocycles. The topological polar surface area (TPSA) is 124 Å². The van der Waals surface area contributed by atoms with E-state index in [0.717, 1.165) is 16.7 Å². The summed E-state index contributed by atoms with van der Waals surface area (Å²) in [5.41, 5.74) is -2.14. The number of hydrogen-bond donors (Lipinski definition) is 2. The first-order valence-electron chi connectivity index (χ1n) is 10.5. The number of halogens is 3. The Labute approximate surface area is 200 Å². The first-order valence-corrected chi connectivity index (χ1v) is 10.5. The Hall–Kier alpha value is -4.68. The normalized spacial score (nSPS) is 10.9. The maximum atomic E-state index is 13.8. The second-order valence-electron chi connectivity index (χ2n) is 7.72. The monoisotopic (exact) mass is 500 g/mol. The molecule has 2 N–H and O–H groups in total. The van der Waals surface area contributed by atoms with E-state index < -0.39 is 47.5 Å². The van der Waals surface area contributed by atoms with Crippen LogP contribution < -0.4 is 27.0 Å². The average molecular weight is 500 g/mol. The van der Waals surface area contributed by atoms with Gasteiger partial charge in [-0.15, -0.1) is 0 Å². The first-order chi connectivity index (χ1) is 17.2. The van der Waals surface area contributed by atoms with Gasteiger partial charge in [-0.3, -0.25) is 9.36 Å². The molecule has 0 aliphatic rings. The molecule has 0 radical (unpaired) electrons. The molecule has 4 rings (SSSR count). The van der Waals surface area contributed by atoms with Crippen molar-refractivity contribution in [1.29, 1.82) is 0 Å². The van der Waals surface area contributed by atoms with Crippen LogP contribution >= 0.6 is 0 Å². The predicted molar refractivity (Wildman–Crippen MR) is 123 cm³/mol. The fraction of sp³-hybridized carbons (Fsp3) is 0.174. The van der Waals surface area contributed by atoms with Gasteiger partial charge in [-0.05, 0) is 48.9 Å². The summed E-state index contributed by atoms with van der Waals surface area (Å²) in [4.78, 5) is 48.7. The van der Waals surface area contributed by atoms with E-state index in [2.05, 4.69) is 20.3 Å². The number of hydrogen-bond acceptors (Lipinski definition) is 7. The molecule has 36 heavy (non-hydrogen) atoms.